The summed E-state index contributed by atoms with van der Waals surface area (Å²) in [7, 11) is -1.58. The maximum absolute atomic E-state index is 13.3. The van der Waals surface area contributed by atoms with Gasteiger partial charge in [-0.1, -0.05) is 30.3 Å². The van der Waals surface area contributed by atoms with Crippen molar-refractivity contribution in [2.24, 2.45) is 5.14 Å². The predicted molar refractivity (Wildman–Crippen MR) is 106 cm³/mol. The van der Waals surface area contributed by atoms with Gasteiger partial charge in [0.05, 0.1) is 15.9 Å². The number of aromatic nitrogens is 2. The number of halogens is 2. The van der Waals surface area contributed by atoms with Crippen LogP contribution in [0.25, 0.3) is 22.2 Å². The SMILES string of the molecule is NS(=O)c1ccccc1-c1ccc2nc(CCc3ccc(F)c(F)c3)[nH]c2c1. The molecule has 4 rings (SSSR count). The van der Waals surface area contributed by atoms with E-state index >= 15 is 0 Å². The van der Waals surface area contributed by atoms with Crippen molar-refractivity contribution in [1.29, 1.82) is 0 Å². The third kappa shape index (κ3) is 3.72. The molecular formula is C21H17F2N3OS. The van der Waals surface area contributed by atoms with Gasteiger partial charge in [0, 0.05) is 6.42 Å². The van der Waals surface area contributed by atoms with Crippen LogP contribution < -0.4 is 5.14 Å². The molecule has 0 amide bonds. The largest absolute Gasteiger partial charge is 0.342 e. The van der Waals surface area contributed by atoms with Gasteiger partial charge < -0.3 is 4.98 Å². The molecule has 0 aliphatic heterocycles. The molecule has 28 heavy (non-hydrogen) atoms. The van der Waals surface area contributed by atoms with Crippen LogP contribution in [0, 0.1) is 11.6 Å². The first kappa shape index (κ1) is 18.5. The Morgan fingerprint density at radius 1 is 0.964 bits per heavy atom. The van der Waals surface area contributed by atoms with Crippen molar-refractivity contribution in [3.8, 4) is 11.1 Å². The summed E-state index contributed by atoms with van der Waals surface area (Å²) in [6.07, 6.45) is 1.11. The van der Waals surface area contributed by atoms with Crippen molar-refractivity contribution in [1.82, 2.24) is 9.97 Å². The molecule has 3 aromatic carbocycles. The van der Waals surface area contributed by atoms with E-state index in [1.165, 1.54) is 6.07 Å². The maximum Gasteiger partial charge on any atom is 0.159 e. The minimum absolute atomic E-state index is 0.541. The van der Waals surface area contributed by atoms with Crippen LogP contribution in [0.15, 0.2) is 65.6 Å². The van der Waals surface area contributed by atoms with Gasteiger partial charge in [-0.15, -0.1) is 0 Å². The second-order valence-electron chi connectivity index (χ2n) is 6.46. The molecule has 142 valence electrons. The van der Waals surface area contributed by atoms with Gasteiger partial charge in [0.2, 0.25) is 0 Å². The molecule has 0 saturated heterocycles. The zero-order chi connectivity index (χ0) is 19.7. The molecular weight excluding hydrogens is 380 g/mol. The molecule has 1 heterocycles. The molecule has 0 aliphatic rings. The normalized spacial score (nSPS) is 12.4. The number of fused-ring (bicyclic) bond motifs is 1. The van der Waals surface area contributed by atoms with Gasteiger partial charge in [0.25, 0.3) is 0 Å². The predicted octanol–water partition coefficient (Wildman–Crippen LogP) is 4.27. The monoisotopic (exact) mass is 397 g/mol. The molecule has 0 radical (unpaired) electrons. The number of nitrogens with two attached hydrogens (primary N) is 1. The Kier molecular flexibility index (Phi) is 5.02. The van der Waals surface area contributed by atoms with E-state index in [0.29, 0.717) is 23.3 Å². The average Bonchev–Trinajstić information content (AvgIpc) is 3.11. The smallest absolute Gasteiger partial charge is 0.159 e. The van der Waals surface area contributed by atoms with Gasteiger partial charge in [-0.2, -0.15) is 0 Å². The number of nitrogens with one attached hydrogen (secondary N) is 1. The first-order valence-electron chi connectivity index (χ1n) is 8.69. The van der Waals surface area contributed by atoms with E-state index in [0.717, 1.165) is 34.1 Å². The molecule has 4 nitrogen and oxygen atoms in total. The third-order valence-electron chi connectivity index (χ3n) is 4.58. The minimum atomic E-state index is -1.58. The number of H-pyrrole nitrogens is 1. The standard InChI is InChI=1S/C21H17F2N3OS/c22-16-8-5-13(11-17(16)23)6-10-21-25-18-9-7-14(12-19(18)26-21)15-3-1-2-4-20(15)28(24)27/h1-5,7-9,11-12H,6,10,24H2,(H,25,26). The summed E-state index contributed by atoms with van der Waals surface area (Å²) in [5.41, 5.74) is 4.05. The molecule has 0 saturated carbocycles. The zero-order valence-corrected chi connectivity index (χ0v) is 15.6. The van der Waals surface area contributed by atoms with E-state index < -0.39 is 22.6 Å². The third-order valence-corrected chi connectivity index (χ3v) is 5.37. The van der Waals surface area contributed by atoms with Crippen LogP contribution in [0.3, 0.4) is 0 Å². The Balaban J connectivity index is 1.60. The zero-order valence-electron chi connectivity index (χ0n) is 14.8. The van der Waals surface area contributed by atoms with E-state index in [4.69, 9.17) is 5.14 Å². The van der Waals surface area contributed by atoms with Crippen LogP contribution in [-0.4, -0.2) is 14.2 Å². The fourth-order valence-corrected chi connectivity index (χ4v) is 3.80. The number of nitrogens with zero attached hydrogens (tertiary/aromatic N) is 1. The molecule has 1 unspecified atom stereocenters. The number of benzene rings is 3. The summed E-state index contributed by atoms with van der Waals surface area (Å²) < 4.78 is 38.2. The van der Waals surface area contributed by atoms with Crippen molar-refractivity contribution in [2.75, 3.05) is 0 Å². The highest BCUT2D eigenvalue weighted by molar-refractivity contribution is 7.82. The van der Waals surface area contributed by atoms with Crippen LogP contribution in [0.2, 0.25) is 0 Å². The highest BCUT2D eigenvalue weighted by atomic mass is 32.2. The van der Waals surface area contributed by atoms with E-state index in [1.807, 2.05) is 30.3 Å². The summed E-state index contributed by atoms with van der Waals surface area (Å²) in [5, 5.41) is 5.59. The molecule has 0 bridgehead atoms. The Morgan fingerprint density at radius 3 is 2.57 bits per heavy atom. The summed E-state index contributed by atoms with van der Waals surface area (Å²) in [5.74, 6) is -0.936. The van der Waals surface area contributed by atoms with Crippen LogP contribution >= 0.6 is 0 Å². The topological polar surface area (TPSA) is 71.8 Å². The van der Waals surface area contributed by atoms with E-state index in [9.17, 15) is 13.0 Å². The number of hydrogen-bond donors (Lipinski definition) is 2. The minimum Gasteiger partial charge on any atom is -0.342 e. The number of rotatable bonds is 5. The lowest BCUT2D eigenvalue weighted by Crippen LogP contribution is -2.04. The molecule has 3 N–H and O–H groups in total. The second-order valence-corrected chi connectivity index (χ2v) is 7.49. The molecule has 0 spiro atoms. The van der Waals surface area contributed by atoms with Crippen molar-refractivity contribution < 1.29 is 13.0 Å². The van der Waals surface area contributed by atoms with Gasteiger partial charge in [0.15, 0.2) is 11.6 Å². The highest BCUT2D eigenvalue weighted by Crippen LogP contribution is 2.28. The van der Waals surface area contributed by atoms with Gasteiger partial charge >= 0.3 is 0 Å². The lowest BCUT2D eigenvalue weighted by Gasteiger charge is -2.06. The van der Waals surface area contributed by atoms with Crippen LogP contribution in [0.5, 0.6) is 0 Å². The van der Waals surface area contributed by atoms with Gasteiger partial charge in [-0.05, 0) is 53.4 Å². The Hall–Kier alpha value is -2.90. The first-order chi connectivity index (χ1) is 13.5. The summed E-state index contributed by atoms with van der Waals surface area (Å²) in [4.78, 5) is 8.39. The molecule has 1 atom stereocenters. The number of hydrogen-bond acceptors (Lipinski definition) is 2. The first-order valence-corrected chi connectivity index (χ1v) is 9.91. The van der Waals surface area contributed by atoms with Crippen molar-refractivity contribution >= 4 is 22.0 Å². The fourth-order valence-electron chi connectivity index (χ4n) is 3.19. The van der Waals surface area contributed by atoms with E-state index in [2.05, 4.69) is 9.97 Å². The average molecular weight is 397 g/mol. The lowest BCUT2D eigenvalue weighted by molar-refractivity contribution is 0.507. The van der Waals surface area contributed by atoms with Crippen LogP contribution in [0.4, 0.5) is 8.78 Å². The Bertz CT molecular complexity index is 1190. The van der Waals surface area contributed by atoms with E-state index in [1.54, 1.807) is 18.2 Å². The molecule has 0 aliphatic carbocycles. The van der Waals surface area contributed by atoms with Gasteiger partial charge in [-0.25, -0.2) is 23.1 Å². The van der Waals surface area contributed by atoms with Gasteiger partial charge in [-0.3, -0.25) is 0 Å². The summed E-state index contributed by atoms with van der Waals surface area (Å²) in [6, 6.07) is 16.9. The van der Waals surface area contributed by atoms with Crippen LogP contribution in [-0.2, 0) is 23.8 Å². The molecule has 1 aromatic heterocycles. The fraction of sp³-hybridized carbons (Fsp3) is 0.0952. The van der Waals surface area contributed by atoms with Gasteiger partial charge in [0.1, 0.15) is 16.8 Å². The van der Waals surface area contributed by atoms with E-state index in [-0.39, 0.29) is 0 Å². The molecule has 4 aromatic rings. The Labute approximate surface area is 163 Å². The van der Waals surface area contributed by atoms with Crippen molar-refractivity contribution in [3.05, 3.63) is 83.7 Å². The quantitative estimate of drug-likeness (QED) is 0.528. The second kappa shape index (κ2) is 7.61. The lowest BCUT2D eigenvalue weighted by atomic mass is 10.1. The molecule has 0 fully saturated rings. The van der Waals surface area contributed by atoms with Crippen LogP contribution in [0.1, 0.15) is 11.4 Å². The summed E-state index contributed by atoms with van der Waals surface area (Å²) in [6.45, 7) is 0. The maximum atomic E-state index is 13.3. The highest BCUT2D eigenvalue weighted by Gasteiger charge is 2.11. The summed E-state index contributed by atoms with van der Waals surface area (Å²) >= 11 is 0. The number of aromatic amines is 1. The number of imidazole rings is 1. The van der Waals surface area contributed by atoms with Crippen molar-refractivity contribution in [3.63, 3.8) is 0 Å². The number of aryl methyl sites for hydroxylation is 2. The Morgan fingerprint density at radius 2 is 1.79 bits per heavy atom. The molecule has 7 heteroatoms. The van der Waals surface area contributed by atoms with Crippen molar-refractivity contribution in [2.45, 2.75) is 17.7 Å².